The first-order valence-electron chi connectivity index (χ1n) is 6.51. The van der Waals surface area contributed by atoms with E-state index in [2.05, 4.69) is 62.6 Å². The third kappa shape index (κ3) is 1.73. The summed E-state index contributed by atoms with van der Waals surface area (Å²) in [6.45, 7) is 0. The van der Waals surface area contributed by atoms with Gasteiger partial charge >= 0.3 is 0 Å². The van der Waals surface area contributed by atoms with Gasteiger partial charge in [0.2, 0.25) is 0 Å². The Morgan fingerprint density at radius 3 is 2.90 bits per heavy atom. The molecule has 0 aliphatic rings. The zero-order valence-corrected chi connectivity index (χ0v) is 10.7. The van der Waals surface area contributed by atoms with E-state index in [4.69, 9.17) is 0 Å². The first kappa shape index (κ1) is 11.1. The van der Waals surface area contributed by atoms with Crippen molar-refractivity contribution < 1.29 is 0 Å². The van der Waals surface area contributed by atoms with Crippen LogP contribution in [0.25, 0.3) is 21.8 Å². The van der Waals surface area contributed by atoms with E-state index < -0.39 is 0 Å². The second kappa shape index (κ2) is 4.42. The number of hydrogen-bond donors (Lipinski definition) is 1. The Morgan fingerprint density at radius 1 is 1.00 bits per heavy atom. The summed E-state index contributed by atoms with van der Waals surface area (Å²) >= 11 is 0. The van der Waals surface area contributed by atoms with Crippen molar-refractivity contribution in [2.24, 2.45) is 0 Å². The fourth-order valence-electron chi connectivity index (χ4n) is 2.58. The SMILES string of the molecule is c1ccc2c(Cc3[nH]nc4cncnc34)cccc2c1. The van der Waals surface area contributed by atoms with Gasteiger partial charge in [-0.3, -0.25) is 5.10 Å². The van der Waals surface area contributed by atoms with Crippen LogP contribution in [-0.4, -0.2) is 20.2 Å². The van der Waals surface area contributed by atoms with Crippen LogP contribution in [0, 0.1) is 0 Å². The van der Waals surface area contributed by atoms with Crippen LogP contribution < -0.4 is 0 Å². The van der Waals surface area contributed by atoms with Crippen LogP contribution in [-0.2, 0) is 6.42 Å². The van der Waals surface area contributed by atoms with Crippen molar-refractivity contribution in [2.45, 2.75) is 6.42 Å². The molecule has 0 amide bonds. The van der Waals surface area contributed by atoms with Gasteiger partial charge in [0.05, 0.1) is 11.9 Å². The highest BCUT2D eigenvalue weighted by atomic mass is 15.1. The van der Waals surface area contributed by atoms with Gasteiger partial charge in [-0.2, -0.15) is 5.10 Å². The van der Waals surface area contributed by atoms with Crippen molar-refractivity contribution in [3.63, 3.8) is 0 Å². The summed E-state index contributed by atoms with van der Waals surface area (Å²) < 4.78 is 0. The average Bonchev–Trinajstić information content (AvgIpc) is 2.91. The highest BCUT2D eigenvalue weighted by Gasteiger charge is 2.09. The summed E-state index contributed by atoms with van der Waals surface area (Å²) in [6.07, 6.45) is 4.07. The molecule has 0 bridgehead atoms. The van der Waals surface area contributed by atoms with Crippen molar-refractivity contribution in [1.82, 2.24) is 20.2 Å². The molecule has 0 spiro atoms. The monoisotopic (exact) mass is 260 g/mol. The molecule has 0 unspecified atom stereocenters. The zero-order chi connectivity index (χ0) is 13.4. The molecule has 1 N–H and O–H groups in total. The van der Waals surface area contributed by atoms with Gasteiger partial charge in [-0.15, -0.1) is 0 Å². The fraction of sp³-hybridized carbons (Fsp3) is 0.0625. The second-order valence-corrected chi connectivity index (χ2v) is 4.77. The quantitative estimate of drug-likeness (QED) is 0.602. The molecule has 4 heteroatoms. The molecule has 0 saturated carbocycles. The molecule has 2 aromatic heterocycles. The number of benzene rings is 2. The van der Waals surface area contributed by atoms with Crippen molar-refractivity contribution >= 4 is 21.8 Å². The van der Waals surface area contributed by atoms with E-state index in [1.807, 2.05) is 0 Å². The number of rotatable bonds is 2. The molecular weight excluding hydrogens is 248 g/mol. The Hall–Kier alpha value is -2.75. The summed E-state index contributed by atoms with van der Waals surface area (Å²) in [5, 5.41) is 9.84. The Morgan fingerprint density at radius 2 is 1.90 bits per heavy atom. The highest BCUT2D eigenvalue weighted by molar-refractivity contribution is 5.86. The molecule has 0 aliphatic carbocycles. The smallest absolute Gasteiger partial charge is 0.129 e. The lowest BCUT2D eigenvalue weighted by molar-refractivity contribution is 1.01. The van der Waals surface area contributed by atoms with Gasteiger partial charge in [0.15, 0.2) is 0 Å². The predicted molar refractivity (Wildman–Crippen MR) is 78.4 cm³/mol. The molecular formula is C16H12N4. The predicted octanol–water partition coefficient (Wildman–Crippen LogP) is 3.10. The Balaban J connectivity index is 1.85. The van der Waals surface area contributed by atoms with Crippen LogP contribution in [0.2, 0.25) is 0 Å². The third-order valence-corrected chi connectivity index (χ3v) is 3.54. The van der Waals surface area contributed by atoms with Gasteiger partial charge in [0.1, 0.15) is 17.4 Å². The molecule has 0 aliphatic heterocycles. The topological polar surface area (TPSA) is 54.5 Å². The average molecular weight is 260 g/mol. The van der Waals surface area contributed by atoms with E-state index in [0.717, 1.165) is 23.1 Å². The lowest BCUT2D eigenvalue weighted by Crippen LogP contribution is -1.92. The van der Waals surface area contributed by atoms with Gasteiger partial charge in [0.25, 0.3) is 0 Å². The first-order chi connectivity index (χ1) is 9.92. The van der Waals surface area contributed by atoms with Gasteiger partial charge in [-0.25, -0.2) is 9.97 Å². The van der Waals surface area contributed by atoms with Crippen molar-refractivity contribution in [2.75, 3.05) is 0 Å². The van der Waals surface area contributed by atoms with Gasteiger partial charge < -0.3 is 0 Å². The number of aromatic amines is 1. The largest absolute Gasteiger partial charge is 0.279 e. The number of aromatic nitrogens is 4. The number of fused-ring (bicyclic) bond motifs is 2. The Labute approximate surface area is 115 Å². The molecule has 2 heterocycles. The van der Waals surface area contributed by atoms with E-state index in [1.54, 1.807) is 12.5 Å². The molecule has 20 heavy (non-hydrogen) atoms. The van der Waals surface area contributed by atoms with Crippen molar-refractivity contribution in [3.05, 3.63) is 66.2 Å². The van der Waals surface area contributed by atoms with Gasteiger partial charge in [-0.05, 0) is 16.3 Å². The molecule has 2 aromatic carbocycles. The summed E-state index contributed by atoms with van der Waals surface area (Å²) in [6, 6.07) is 14.8. The van der Waals surface area contributed by atoms with Crippen molar-refractivity contribution in [1.29, 1.82) is 0 Å². The minimum atomic E-state index is 0.787. The number of H-pyrrole nitrogens is 1. The first-order valence-corrected chi connectivity index (χ1v) is 6.51. The summed E-state index contributed by atoms with van der Waals surface area (Å²) in [5.41, 5.74) is 4.00. The van der Waals surface area contributed by atoms with E-state index in [9.17, 15) is 0 Å². The maximum Gasteiger partial charge on any atom is 0.129 e. The lowest BCUT2D eigenvalue weighted by Gasteiger charge is -2.05. The highest BCUT2D eigenvalue weighted by Crippen LogP contribution is 2.22. The molecule has 0 atom stereocenters. The van der Waals surface area contributed by atoms with Crippen molar-refractivity contribution in [3.8, 4) is 0 Å². The zero-order valence-electron chi connectivity index (χ0n) is 10.7. The second-order valence-electron chi connectivity index (χ2n) is 4.77. The maximum atomic E-state index is 4.31. The molecule has 4 nitrogen and oxygen atoms in total. The van der Waals surface area contributed by atoms with Crippen LogP contribution >= 0.6 is 0 Å². The lowest BCUT2D eigenvalue weighted by atomic mass is 10.0. The molecule has 4 rings (SSSR count). The summed E-state index contributed by atoms with van der Waals surface area (Å²) in [4.78, 5) is 8.30. The van der Waals surface area contributed by atoms with Gasteiger partial charge in [-0.1, -0.05) is 42.5 Å². The van der Waals surface area contributed by atoms with Crippen LogP contribution in [0.3, 0.4) is 0 Å². The molecule has 4 aromatic rings. The van der Waals surface area contributed by atoms with Crippen LogP contribution in [0.15, 0.2) is 55.0 Å². The normalized spacial score (nSPS) is 11.2. The van der Waals surface area contributed by atoms with Crippen LogP contribution in [0.4, 0.5) is 0 Å². The minimum absolute atomic E-state index is 0.787. The fourth-order valence-corrected chi connectivity index (χ4v) is 2.58. The number of nitrogens with one attached hydrogen (secondary N) is 1. The summed E-state index contributed by atoms with van der Waals surface area (Å²) in [5.74, 6) is 0. The number of hydrogen-bond acceptors (Lipinski definition) is 3. The third-order valence-electron chi connectivity index (χ3n) is 3.54. The van der Waals surface area contributed by atoms with Crippen LogP contribution in [0.5, 0.6) is 0 Å². The Kier molecular flexibility index (Phi) is 2.45. The maximum absolute atomic E-state index is 4.31. The van der Waals surface area contributed by atoms with E-state index in [1.165, 1.54) is 16.3 Å². The summed E-state index contributed by atoms with van der Waals surface area (Å²) in [7, 11) is 0. The Bertz CT molecular complexity index is 890. The molecule has 0 radical (unpaired) electrons. The van der Waals surface area contributed by atoms with Crippen LogP contribution in [0.1, 0.15) is 11.3 Å². The standard InChI is InChI=1S/C16H12N4/c1-2-7-13-11(4-1)5-3-6-12(13)8-14-16-15(20-19-14)9-17-10-18-16/h1-7,9-10H,8H2,(H,19,20). The molecule has 96 valence electrons. The molecule has 0 fully saturated rings. The van der Waals surface area contributed by atoms with E-state index in [0.29, 0.717) is 0 Å². The number of nitrogens with zero attached hydrogens (tertiary/aromatic N) is 3. The van der Waals surface area contributed by atoms with E-state index in [-0.39, 0.29) is 0 Å². The minimum Gasteiger partial charge on any atom is -0.279 e. The van der Waals surface area contributed by atoms with Gasteiger partial charge in [0, 0.05) is 6.42 Å². The molecule has 0 saturated heterocycles. The van der Waals surface area contributed by atoms with E-state index >= 15 is 0 Å².